The molecule has 3 heterocycles. The van der Waals surface area contributed by atoms with Crippen molar-refractivity contribution in [1.29, 1.82) is 0 Å². The Bertz CT molecular complexity index is 697. The van der Waals surface area contributed by atoms with Gasteiger partial charge >= 0.3 is 0 Å². The van der Waals surface area contributed by atoms with E-state index in [4.69, 9.17) is 0 Å². The molecule has 0 radical (unpaired) electrons. The maximum atomic E-state index is 4.63. The van der Waals surface area contributed by atoms with E-state index in [1.807, 2.05) is 12.1 Å². The first-order chi connectivity index (χ1) is 9.86. The van der Waals surface area contributed by atoms with Gasteiger partial charge in [0, 0.05) is 23.8 Å². The molecule has 6 heteroatoms. The van der Waals surface area contributed by atoms with Crippen LogP contribution in [-0.4, -0.2) is 21.5 Å². The van der Waals surface area contributed by atoms with Crippen LogP contribution in [0, 0.1) is 0 Å². The molecule has 0 aromatic carbocycles. The predicted molar refractivity (Wildman–Crippen MR) is 85.4 cm³/mol. The summed E-state index contributed by atoms with van der Waals surface area (Å²) in [5, 5.41) is 6.47. The Hall–Kier alpha value is -1.66. The molecule has 0 saturated carbocycles. The number of fused-ring (bicyclic) bond motifs is 1. The molecular formula is C14H14N4S2. The van der Waals surface area contributed by atoms with Gasteiger partial charge in [-0.15, -0.1) is 23.1 Å². The van der Waals surface area contributed by atoms with Crippen LogP contribution in [0.5, 0.6) is 0 Å². The predicted octanol–water partition coefficient (Wildman–Crippen LogP) is 3.81. The monoisotopic (exact) mass is 302 g/mol. The molecule has 0 spiro atoms. The molecule has 0 fully saturated rings. The van der Waals surface area contributed by atoms with E-state index in [9.17, 15) is 0 Å². The van der Waals surface area contributed by atoms with Crippen molar-refractivity contribution < 1.29 is 0 Å². The highest BCUT2D eigenvalue weighted by Crippen LogP contribution is 2.27. The van der Waals surface area contributed by atoms with Crippen molar-refractivity contribution in [2.24, 2.45) is 0 Å². The second-order valence-electron chi connectivity index (χ2n) is 4.13. The Kier molecular flexibility index (Phi) is 4.13. The van der Waals surface area contributed by atoms with Crippen LogP contribution in [0.25, 0.3) is 10.2 Å². The number of nitrogens with one attached hydrogen (secondary N) is 1. The van der Waals surface area contributed by atoms with Crippen molar-refractivity contribution in [3.8, 4) is 0 Å². The first-order valence-electron chi connectivity index (χ1n) is 6.37. The number of nitrogens with zero attached hydrogens (tertiary/aromatic N) is 3. The number of thioether (sulfide) groups is 1. The van der Waals surface area contributed by atoms with E-state index in [1.165, 1.54) is 4.90 Å². The average Bonchev–Trinajstić information content (AvgIpc) is 2.95. The van der Waals surface area contributed by atoms with E-state index in [-0.39, 0.29) is 0 Å². The van der Waals surface area contributed by atoms with Crippen LogP contribution in [0.4, 0.5) is 5.82 Å². The Morgan fingerprint density at radius 2 is 2.05 bits per heavy atom. The van der Waals surface area contributed by atoms with Crippen molar-refractivity contribution in [2.45, 2.75) is 17.6 Å². The van der Waals surface area contributed by atoms with Gasteiger partial charge in [0.1, 0.15) is 16.5 Å². The highest BCUT2D eigenvalue weighted by molar-refractivity contribution is 7.98. The van der Waals surface area contributed by atoms with Gasteiger partial charge in [-0.3, -0.25) is 4.98 Å². The maximum Gasteiger partial charge on any atom is 0.142 e. The first-order valence-corrected chi connectivity index (χ1v) is 8.24. The van der Waals surface area contributed by atoms with Gasteiger partial charge in [0.15, 0.2) is 0 Å². The highest BCUT2D eigenvalue weighted by Gasteiger charge is 2.08. The van der Waals surface area contributed by atoms with E-state index in [0.29, 0.717) is 0 Å². The molecule has 0 aliphatic carbocycles. The molecule has 3 rings (SSSR count). The minimum atomic E-state index is 0.760. The van der Waals surface area contributed by atoms with Crippen LogP contribution in [-0.2, 0) is 5.75 Å². The Balaban J connectivity index is 1.84. The number of aromatic nitrogens is 3. The summed E-state index contributed by atoms with van der Waals surface area (Å²) in [7, 11) is 0. The van der Waals surface area contributed by atoms with Crippen molar-refractivity contribution in [3.05, 3.63) is 41.8 Å². The molecular weight excluding hydrogens is 288 g/mol. The number of anilines is 1. The first kappa shape index (κ1) is 13.3. The molecule has 0 unspecified atom stereocenters. The summed E-state index contributed by atoms with van der Waals surface area (Å²) in [6.07, 6.45) is 3.60. The Morgan fingerprint density at radius 3 is 2.85 bits per heavy atom. The van der Waals surface area contributed by atoms with Gasteiger partial charge in [-0.05, 0) is 30.5 Å². The fourth-order valence-corrected chi connectivity index (χ4v) is 3.37. The van der Waals surface area contributed by atoms with Gasteiger partial charge in [-0.2, -0.15) is 0 Å². The number of hydrogen-bond acceptors (Lipinski definition) is 6. The Morgan fingerprint density at radius 1 is 1.20 bits per heavy atom. The summed E-state index contributed by atoms with van der Waals surface area (Å²) in [6.45, 7) is 2.94. The number of rotatable bonds is 5. The largest absolute Gasteiger partial charge is 0.370 e. The van der Waals surface area contributed by atoms with E-state index in [0.717, 1.165) is 34.2 Å². The number of pyridine rings is 1. The minimum absolute atomic E-state index is 0.760. The molecule has 4 nitrogen and oxygen atoms in total. The summed E-state index contributed by atoms with van der Waals surface area (Å²) in [5.41, 5.74) is 0. The third-order valence-corrected chi connectivity index (χ3v) is 4.55. The molecule has 3 aromatic rings. The molecule has 1 N–H and O–H groups in total. The fourth-order valence-electron chi connectivity index (χ4n) is 1.85. The molecule has 20 heavy (non-hydrogen) atoms. The molecule has 0 bridgehead atoms. The topological polar surface area (TPSA) is 50.7 Å². The second-order valence-corrected chi connectivity index (χ2v) is 6.07. The molecule has 102 valence electrons. The summed E-state index contributed by atoms with van der Waals surface area (Å²) in [5.74, 6) is 2.55. The highest BCUT2D eigenvalue weighted by atomic mass is 32.2. The average molecular weight is 302 g/mol. The standard InChI is InChI=1S/C14H14N4S2/c1-2-16-13-11-5-8-19-14(11)18-12(17-13)9-20-10-3-6-15-7-4-10/h3-8H,2,9H2,1H3,(H,16,17,18). The summed E-state index contributed by atoms with van der Waals surface area (Å²) >= 11 is 3.38. The van der Waals surface area contributed by atoms with E-state index in [1.54, 1.807) is 35.5 Å². The minimum Gasteiger partial charge on any atom is -0.370 e. The lowest BCUT2D eigenvalue weighted by Crippen LogP contribution is -2.03. The van der Waals surface area contributed by atoms with Gasteiger partial charge in [0.2, 0.25) is 0 Å². The SMILES string of the molecule is CCNc1nc(CSc2ccncc2)nc2sccc12. The van der Waals surface area contributed by atoms with E-state index < -0.39 is 0 Å². The van der Waals surface area contributed by atoms with Crippen LogP contribution in [0.2, 0.25) is 0 Å². The third kappa shape index (κ3) is 2.91. The van der Waals surface area contributed by atoms with Crippen molar-refractivity contribution in [3.63, 3.8) is 0 Å². The van der Waals surface area contributed by atoms with Crippen LogP contribution in [0.1, 0.15) is 12.7 Å². The van der Waals surface area contributed by atoms with Crippen LogP contribution >= 0.6 is 23.1 Å². The van der Waals surface area contributed by atoms with Gasteiger partial charge in [-0.1, -0.05) is 0 Å². The lowest BCUT2D eigenvalue weighted by Gasteiger charge is -2.07. The number of thiophene rings is 1. The zero-order valence-corrected chi connectivity index (χ0v) is 12.7. The lowest BCUT2D eigenvalue weighted by atomic mass is 10.3. The molecule has 3 aromatic heterocycles. The fraction of sp³-hybridized carbons (Fsp3) is 0.214. The smallest absolute Gasteiger partial charge is 0.142 e. The third-order valence-electron chi connectivity index (χ3n) is 2.73. The van der Waals surface area contributed by atoms with Gasteiger partial charge in [0.05, 0.1) is 11.1 Å². The van der Waals surface area contributed by atoms with Crippen molar-refractivity contribution in [1.82, 2.24) is 15.0 Å². The van der Waals surface area contributed by atoms with Crippen LogP contribution < -0.4 is 5.32 Å². The summed E-state index contributed by atoms with van der Waals surface area (Å²) in [6, 6.07) is 6.07. The zero-order valence-electron chi connectivity index (χ0n) is 11.0. The molecule has 0 aliphatic rings. The quantitative estimate of drug-likeness (QED) is 0.726. The Labute approximate surface area is 125 Å². The van der Waals surface area contributed by atoms with Gasteiger partial charge in [0.25, 0.3) is 0 Å². The second kappa shape index (κ2) is 6.19. The summed E-state index contributed by atoms with van der Waals surface area (Å²) in [4.78, 5) is 15.5. The summed E-state index contributed by atoms with van der Waals surface area (Å²) < 4.78 is 0. The van der Waals surface area contributed by atoms with Gasteiger partial charge < -0.3 is 5.32 Å². The molecule has 0 amide bonds. The van der Waals surface area contributed by atoms with Crippen molar-refractivity contribution in [2.75, 3.05) is 11.9 Å². The van der Waals surface area contributed by atoms with Crippen LogP contribution in [0.3, 0.4) is 0 Å². The normalized spacial score (nSPS) is 10.8. The maximum absolute atomic E-state index is 4.63. The van der Waals surface area contributed by atoms with Crippen molar-refractivity contribution >= 4 is 39.1 Å². The zero-order chi connectivity index (χ0) is 13.8. The molecule has 0 aliphatic heterocycles. The van der Waals surface area contributed by atoms with E-state index >= 15 is 0 Å². The van der Waals surface area contributed by atoms with Crippen LogP contribution in [0.15, 0.2) is 40.9 Å². The van der Waals surface area contributed by atoms with E-state index in [2.05, 4.69) is 38.6 Å². The lowest BCUT2D eigenvalue weighted by molar-refractivity contribution is 1.05. The molecule has 0 saturated heterocycles. The van der Waals surface area contributed by atoms with Gasteiger partial charge in [-0.25, -0.2) is 9.97 Å². The molecule has 0 atom stereocenters. The number of hydrogen-bond donors (Lipinski definition) is 1.